The summed E-state index contributed by atoms with van der Waals surface area (Å²) in [5.41, 5.74) is 2.91. The maximum Gasteiger partial charge on any atom is 0.0208 e. The summed E-state index contributed by atoms with van der Waals surface area (Å²) in [6.45, 7) is 6.52. The number of hydrogen-bond acceptors (Lipinski definition) is 1. The zero-order valence-electron chi connectivity index (χ0n) is 9.05. The molecule has 0 atom stereocenters. The predicted octanol–water partition coefficient (Wildman–Crippen LogP) is 3.17. The highest BCUT2D eigenvalue weighted by Crippen LogP contribution is 2.08. The molecule has 0 aliphatic heterocycles. The van der Waals surface area contributed by atoms with Crippen molar-refractivity contribution in [1.29, 1.82) is 0 Å². The van der Waals surface area contributed by atoms with Crippen LogP contribution in [0.2, 0.25) is 0 Å². The first-order valence-electron chi connectivity index (χ1n) is 5.16. The minimum absolute atomic E-state index is 0. The lowest BCUT2D eigenvalue weighted by Gasteiger charge is -2.07. The van der Waals surface area contributed by atoms with E-state index in [9.17, 15) is 0 Å². The van der Waals surface area contributed by atoms with Crippen LogP contribution in [0.4, 0.5) is 0 Å². The van der Waals surface area contributed by atoms with Crippen molar-refractivity contribution in [1.82, 2.24) is 5.32 Å². The minimum atomic E-state index is 0. The molecule has 80 valence electrons. The average Bonchev–Trinajstić information content (AvgIpc) is 2.19. The summed E-state index contributed by atoms with van der Waals surface area (Å²) in [4.78, 5) is 0. The number of benzene rings is 1. The van der Waals surface area contributed by atoms with E-state index < -0.39 is 0 Å². The van der Waals surface area contributed by atoms with Gasteiger partial charge in [-0.25, -0.2) is 0 Å². The second-order valence-corrected chi connectivity index (χ2v) is 3.30. The van der Waals surface area contributed by atoms with Gasteiger partial charge in [-0.05, 0) is 30.5 Å². The number of rotatable bonds is 5. The molecule has 0 saturated heterocycles. The van der Waals surface area contributed by atoms with E-state index in [2.05, 4.69) is 43.4 Å². The van der Waals surface area contributed by atoms with Crippen LogP contribution in [0.15, 0.2) is 24.3 Å². The summed E-state index contributed by atoms with van der Waals surface area (Å²) in [7, 11) is 0. The molecule has 1 aromatic rings. The second kappa shape index (κ2) is 7.84. The molecule has 0 amide bonds. The minimum Gasteiger partial charge on any atom is -0.313 e. The molecule has 14 heavy (non-hydrogen) atoms. The maximum absolute atomic E-state index is 3.43. The molecule has 0 spiro atoms. The highest BCUT2D eigenvalue weighted by Gasteiger charge is 1.97. The van der Waals surface area contributed by atoms with Crippen LogP contribution >= 0.6 is 12.4 Å². The fourth-order valence-electron chi connectivity index (χ4n) is 1.47. The molecule has 1 aromatic carbocycles. The molecule has 1 nitrogen and oxygen atoms in total. The van der Waals surface area contributed by atoms with Gasteiger partial charge in [0.1, 0.15) is 0 Å². The molecule has 0 radical (unpaired) electrons. The molecule has 0 aliphatic rings. The molecule has 0 unspecified atom stereocenters. The van der Waals surface area contributed by atoms with Crippen LogP contribution in [0.5, 0.6) is 0 Å². The van der Waals surface area contributed by atoms with E-state index in [0.717, 1.165) is 19.5 Å². The molecule has 1 rings (SSSR count). The van der Waals surface area contributed by atoms with Gasteiger partial charge in [-0.1, -0.05) is 38.1 Å². The fraction of sp³-hybridized carbons (Fsp3) is 0.500. The molecule has 1 N–H and O–H groups in total. The highest BCUT2D eigenvalue weighted by atomic mass is 35.5. The Morgan fingerprint density at radius 3 is 2.29 bits per heavy atom. The Labute approximate surface area is 93.3 Å². The Kier molecular flexibility index (Phi) is 7.54. The van der Waals surface area contributed by atoms with Gasteiger partial charge in [0.05, 0.1) is 0 Å². The third kappa shape index (κ3) is 4.12. The van der Waals surface area contributed by atoms with Crippen molar-refractivity contribution >= 4 is 12.4 Å². The Hall–Kier alpha value is -0.530. The highest BCUT2D eigenvalue weighted by molar-refractivity contribution is 5.85. The summed E-state index contributed by atoms with van der Waals surface area (Å²) in [5.74, 6) is 0. The lowest BCUT2D eigenvalue weighted by molar-refractivity contribution is 0.671. The van der Waals surface area contributed by atoms with Crippen LogP contribution in [0.1, 0.15) is 31.4 Å². The first-order chi connectivity index (χ1) is 6.38. The molecule has 0 bridgehead atoms. The van der Waals surface area contributed by atoms with E-state index in [1.165, 1.54) is 17.5 Å². The van der Waals surface area contributed by atoms with Crippen molar-refractivity contribution < 1.29 is 0 Å². The van der Waals surface area contributed by atoms with Gasteiger partial charge >= 0.3 is 0 Å². The molecular weight excluding hydrogens is 194 g/mol. The molecule has 2 heteroatoms. The van der Waals surface area contributed by atoms with Crippen molar-refractivity contribution in [3.8, 4) is 0 Å². The van der Waals surface area contributed by atoms with Crippen molar-refractivity contribution in [3.05, 3.63) is 35.4 Å². The maximum atomic E-state index is 3.43. The molecule has 0 aromatic heterocycles. The SMILES string of the molecule is CCCNCc1ccccc1CC.Cl. The first-order valence-corrected chi connectivity index (χ1v) is 5.16. The molecule has 0 aliphatic carbocycles. The summed E-state index contributed by atoms with van der Waals surface area (Å²) in [6, 6.07) is 8.65. The van der Waals surface area contributed by atoms with Crippen LogP contribution in [0.3, 0.4) is 0 Å². The van der Waals surface area contributed by atoms with Gasteiger partial charge in [-0.15, -0.1) is 12.4 Å². The number of aryl methyl sites for hydroxylation is 1. The van der Waals surface area contributed by atoms with E-state index in [1.807, 2.05) is 0 Å². The van der Waals surface area contributed by atoms with Gasteiger partial charge in [0.15, 0.2) is 0 Å². The standard InChI is InChI=1S/C12H19N.ClH/c1-3-9-13-10-12-8-6-5-7-11(12)4-2;/h5-8,13H,3-4,9-10H2,1-2H3;1H. The first kappa shape index (κ1) is 13.5. The average molecular weight is 214 g/mol. The molecule has 0 heterocycles. The fourth-order valence-corrected chi connectivity index (χ4v) is 1.47. The van der Waals surface area contributed by atoms with Gasteiger partial charge in [0, 0.05) is 6.54 Å². The third-order valence-corrected chi connectivity index (χ3v) is 2.24. The number of nitrogens with one attached hydrogen (secondary N) is 1. The lowest BCUT2D eigenvalue weighted by atomic mass is 10.1. The van der Waals surface area contributed by atoms with E-state index >= 15 is 0 Å². The predicted molar refractivity (Wildman–Crippen MR) is 65.1 cm³/mol. The van der Waals surface area contributed by atoms with Crippen LogP contribution in [-0.2, 0) is 13.0 Å². The summed E-state index contributed by atoms with van der Waals surface area (Å²) >= 11 is 0. The number of hydrogen-bond donors (Lipinski definition) is 1. The van der Waals surface area contributed by atoms with Gasteiger partial charge < -0.3 is 5.32 Å². The van der Waals surface area contributed by atoms with Gasteiger partial charge in [-0.2, -0.15) is 0 Å². The van der Waals surface area contributed by atoms with Crippen LogP contribution < -0.4 is 5.32 Å². The van der Waals surface area contributed by atoms with Crippen LogP contribution in [0, 0.1) is 0 Å². The Morgan fingerprint density at radius 2 is 1.71 bits per heavy atom. The molecule has 0 fully saturated rings. The van der Waals surface area contributed by atoms with E-state index in [1.54, 1.807) is 0 Å². The van der Waals surface area contributed by atoms with Crippen molar-refractivity contribution in [2.24, 2.45) is 0 Å². The van der Waals surface area contributed by atoms with Crippen molar-refractivity contribution in [2.75, 3.05) is 6.54 Å². The normalized spacial score (nSPS) is 9.57. The van der Waals surface area contributed by atoms with Gasteiger partial charge in [-0.3, -0.25) is 0 Å². The second-order valence-electron chi connectivity index (χ2n) is 3.30. The summed E-state index contributed by atoms with van der Waals surface area (Å²) in [5, 5.41) is 3.43. The summed E-state index contributed by atoms with van der Waals surface area (Å²) in [6.07, 6.45) is 2.33. The lowest BCUT2D eigenvalue weighted by Crippen LogP contribution is -2.14. The quantitative estimate of drug-likeness (QED) is 0.741. The van der Waals surface area contributed by atoms with Crippen LogP contribution in [-0.4, -0.2) is 6.54 Å². The van der Waals surface area contributed by atoms with E-state index in [4.69, 9.17) is 0 Å². The Morgan fingerprint density at radius 1 is 1.07 bits per heavy atom. The van der Waals surface area contributed by atoms with Crippen molar-refractivity contribution in [3.63, 3.8) is 0 Å². The molecule has 0 saturated carbocycles. The van der Waals surface area contributed by atoms with Gasteiger partial charge in [0.2, 0.25) is 0 Å². The van der Waals surface area contributed by atoms with Gasteiger partial charge in [0.25, 0.3) is 0 Å². The Bertz CT molecular complexity index is 248. The number of halogens is 1. The van der Waals surface area contributed by atoms with Crippen LogP contribution in [0.25, 0.3) is 0 Å². The van der Waals surface area contributed by atoms with E-state index in [0.29, 0.717) is 0 Å². The topological polar surface area (TPSA) is 12.0 Å². The molecular formula is C12H20ClN. The summed E-state index contributed by atoms with van der Waals surface area (Å²) < 4.78 is 0. The monoisotopic (exact) mass is 213 g/mol. The van der Waals surface area contributed by atoms with E-state index in [-0.39, 0.29) is 12.4 Å². The zero-order chi connectivity index (χ0) is 9.52. The smallest absolute Gasteiger partial charge is 0.0208 e. The van der Waals surface area contributed by atoms with Crippen molar-refractivity contribution in [2.45, 2.75) is 33.2 Å². The Balaban J connectivity index is 0.00000169. The third-order valence-electron chi connectivity index (χ3n) is 2.24. The zero-order valence-corrected chi connectivity index (χ0v) is 9.86. The largest absolute Gasteiger partial charge is 0.313 e.